The van der Waals surface area contributed by atoms with Gasteiger partial charge in [-0.1, -0.05) is 33.8 Å². The van der Waals surface area contributed by atoms with E-state index in [-0.39, 0.29) is 6.04 Å². The van der Waals surface area contributed by atoms with E-state index in [0.717, 1.165) is 35.1 Å². The topological polar surface area (TPSA) is 12.0 Å². The summed E-state index contributed by atoms with van der Waals surface area (Å²) in [6, 6.07) is 10.9. The van der Waals surface area contributed by atoms with E-state index in [9.17, 15) is 13.2 Å². The lowest BCUT2D eigenvalue weighted by atomic mass is 9.94. The highest BCUT2D eigenvalue weighted by Gasteiger charge is 2.29. The van der Waals surface area contributed by atoms with Gasteiger partial charge >= 0.3 is 6.18 Å². The first-order valence-corrected chi connectivity index (χ1v) is 7.93. The minimum absolute atomic E-state index is 0.112. The van der Waals surface area contributed by atoms with Crippen LogP contribution in [0.1, 0.15) is 28.3 Å². The van der Waals surface area contributed by atoms with Crippen molar-refractivity contribution in [2.45, 2.75) is 18.6 Å². The molecule has 1 heterocycles. The van der Waals surface area contributed by atoms with Crippen molar-refractivity contribution in [3.8, 4) is 11.8 Å². The second-order valence-electron chi connectivity index (χ2n) is 5.32. The van der Waals surface area contributed by atoms with Gasteiger partial charge in [-0.05, 0) is 53.9 Å². The van der Waals surface area contributed by atoms with Crippen LogP contribution < -0.4 is 5.32 Å². The van der Waals surface area contributed by atoms with Gasteiger partial charge in [0.25, 0.3) is 0 Å². The van der Waals surface area contributed by atoms with Gasteiger partial charge in [0.15, 0.2) is 0 Å². The van der Waals surface area contributed by atoms with Crippen LogP contribution in [-0.4, -0.2) is 6.54 Å². The average Bonchev–Trinajstić information content (AvgIpc) is 2.52. The normalized spacial score (nSPS) is 17.1. The molecule has 1 aliphatic rings. The molecular weight excluding hydrogens is 367 g/mol. The fourth-order valence-corrected chi connectivity index (χ4v) is 2.93. The maximum Gasteiger partial charge on any atom is 0.416 e. The van der Waals surface area contributed by atoms with Crippen LogP contribution in [0, 0.1) is 11.8 Å². The highest BCUT2D eigenvalue weighted by molar-refractivity contribution is 9.10. The number of fused-ring (bicyclic) bond motifs is 1. The summed E-state index contributed by atoms with van der Waals surface area (Å²) >= 11 is 3.46. The summed E-state index contributed by atoms with van der Waals surface area (Å²) in [6.45, 7) is 0.834. The van der Waals surface area contributed by atoms with Crippen LogP contribution >= 0.6 is 15.9 Å². The molecule has 1 atom stereocenters. The summed E-state index contributed by atoms with van der Waals surface area (Å²) in [5, 5.41) is 3.33. The molecule has 0 spiro atoms. The Balaban J connectivity index is 1.84. The maximum absolute atomic E-state index is 12.5. The Labute approximate surface area is 141 Å². The number of hydrogen-bond acceptors (Lipinski definition) is 1. The molecule has 3 rings (SSSR count). The summed E-state index contributed by atoms with van der Waals surface area (Å²) in [4.78, 5) is 0. The van der Waals surface area contributed by atoms with Gasteiger partial charge in [0.2, 0.25) is 0 Å². The smallest absolute Gasteiger partial charge is 0.300 e. The molecule has 2 aromatic rings. The Bertz CT molecular complexity index is 770. The largest absolute Gasteiger partial charge is 0.416 e. The Morgan fingerprint density at radius 1 is 1.09 bits per heavy atom. The molecule has 118 valence electrons. The Kier molecular flexibility index (Phi) is 4.47. The van der Waals surface area contributed by atoms with Crippen LogP contribution in [0.5, 0.6) is 0 Å². The molecule has 1 nitrogen and oxygen atoms in total. The van der Waals surface area contributed by atoms with Crippen LogP contribution in [0.25, 0.3) is 0 Å². The number of nitrogens with one attached hydrogen (secondary N) is 1. The second-order valence-corrected chi connectivity index (χ2v) is 6.24. The summed E-state index contributed by atoms with van der Waals surface area (Å²) in [5.74, 6) is 6.07. The fraction of sp³-hybridized carbons (Fsp3) is 0.222. The zero-order valence-corrected chi connectivity index (χ0v) is 13.6. The first kappa shape index (κ1) is 16.1. The van der Waals surface area contributed by atoms with Crippen molar-refractivity contribution in [2.24, 2.45) is 0 Å². The molecule has 0 amide bonds. The lowest BCUT2D eigenvalue weighted by Crippen LogP contribution is -2.28. The monoisotopic (exact) mass is 379 g/mol. The molecule has 0 saturated heterocycles. The molecular formula is C18H13BrF3N. The van der Waals surface area contributed by atoms with E-state index in [1.165, 1.54) is 17.7 Å². The van der Waals surface area contributed by atoms with Gasteiger partial charge in [-0.15, -0.1) is 0 Å². The molecule has 0 radical (unpaired) electrons. The molecule has 0 aromatic heterocycles. The molecule has 1 unspecified atom stereocenters. The van der Waals surface area contributed by atoms with Gasteiger partial charge in [0, 0.05) is 16.6 Å². The van der Waals surface area contributed by atoms with Crippen molar-refractivity contribution < 1.29 is 13.2 Å². The number of rotatable bonds is 0. The van der Waals surface area contributed by atoms with Crippen LogP contribution in [0.3, 0.4) is 0 Å². The quantitative estimate of drug-likeness (QED) is 0.653. The predicted octanol–water partition coefficient (Wildman–Crippen LogP) is 4.71. The molecule has 0 bridgehead atoms. The SMILES string of the molecule is FC(F)(F)c1ccc(C#CC2NCCc3ccc(Br)cc32)cc1. The second kappa shape index (κ2) is 6.38. The van der Waals surface area contributed by atoms with Crippen molar-refractivity contribution in [1.82, 2.24) is 5.32 Å². The molecule has 23 heavy (non-hydrogen) atoms. The number of benzene rings is 2. The summed E-state index contributed by atoms with van der Waals surface area (Å²) in [5.41, 5.74) is 2.28. The number of halogens is 4. The van der Waals surface area contributed by atoms with E-state index >= 15 is 0 Å². The van der Waals surface area contributed by atoms with E-state index in [1.807, 2.05) is 12.1 Å². The third-order valence-electron chi connectivity index (χ3n) is 3.73. The van der Waals surface area contributed by atoms with E-state index in [1.54, 1.807) is 0 Å². The van der Waals surface area contributed by atoms with Crippen molar-refractivity contribution >= 4 is 15.9 Å². The average molecular weight is 380 g/mol. The van der Waals surface area contributed by atoms with Crippen LogP contribution in [0.15, 0.2) is 46.9 Å². The van der Waals surface area contributed by atoms with Crippen LogP contribution in [0.4, 0.5) is 13.2 Å². The highest BCUT2D eigenvalue weighted by atomic mass is 79.9. The predicted molar refractivity (Wildman–Crippen MR) is 86.9 cm³/mol. The van der Waals surface area contributed by atoms with Gasteiger partial charge in [0.05, 0.1) is 11.6 Å². The Hall–Kier alpha value is -1.77. The molecule has 2 aromatic carbocycles. The number of hydrogen-bond donors (Lipinski definition) is 1. The first-order valence-electron chi connectivity index (χ1n) is 7.14. The highest BCUT2D eigenvalue weighted by Crippen LogP contribution is 2.29. The van der Waals surface area contributed by atoms with Crippen molar-refractivity contribution in [1.29, 1.82) is 0 Å². The fourth-order valence-electron chi connectivity index (χ4n) is 2.55. The first-order chi connectivity index (χ1) is 10.9. The molecule has 1 N–H and O–H groups in total. The van der Waals surface area contributed by atoms with E-state index in [2.05, 4.69) is 39.2 Å². The van der Waals surface area contributed by atoms with E-state index < -0.39 is 11.7 Å². The minimum atomic E-state index is -4.32. The molecule has 1 aliphatic heterocycles. The van der Waals surface area contributed by atoms with Crippen molar-refractivity contribution in [3.63, 3.8) is 0 Å². The molecule has 0 aliphatic carbocycles. The van der Waals surface area contributed by atoms with Gasteiger partial charge in [0.1, 0.15) is 0 Å². The lowest BCUT2D eigenvalue weighted by Gasteiger charge is -2.23. The summed E-state index contributed by atoms with van der Waals surface area (Å²) in [6.07, 6.45) is -3.37. The maximum atomic E-state index is 12.5. The van der Waals surface area contributed by atoms with E-state index in [4.69, 9.17) is 0 Å². The summed E-state index contributed by atoms with van der Waals surface area (Å²) in [7, 11) is 0. The molecule has 0 saturated carbocycles. The third-order valence-corrected chi connectivity index (χ3v) is 4.23. The Morgan fingerprint density at radius 3 is 2.52 bits per heavy atom. The standard InChI is InChI=1S/C18H13BrF3N/c19-15-7-4-13-9-10-23-17(16(13)11-15)8-3-12-1-5-14(6-2-12)18(20,21)22/h1-2,4-7,11,17,23H,9-10H2. The van der Waals surface area contributed by atoms with Crippen molar-refractivity contribution in [3.05, 3.63) is 69.2 Å². The van der Waals surface area contributed by atoms with Crippen molar-refractivity contribution in [2.75, 3.05) is 6.54 Å². The van der Waals surface area contributed by atoms with Crippen LogP contribution in [0.2, 0.25) is 0 Å². The third kappa shape index (κ3) is 3.77. The van der Waals surface area contributed by atoms with Gasteiger partial charge in [-0.3, -0.25) is 5.32 Å². The molecule has 5 heteroatoms. The summed E-state index contributed by atoms with van der Waals surface area (Å²) < 4.78 is 38.6. The lowest BCUT2D eigenvalue weighted by molar-refractivity contribution is -0.137. The van der Waals surface area contributed by atoms with Gasteiger partial charge in [-0.2, -0.15) is 13.2 Å². The van der Waals surface area contributed by atoms with Gasteiger partial charge < -0.3 is 0 Å². The number of alkyl halides is 3. The zero-order chi connectivity index (χ0) is 16.4. The molecule has 0 fully saturated rings. The zero-order valence-electron chi connectivity index (χ0n) is 12.0. The van der Waals surface area contributed by atoms with Crippen LogP contribution in [-0.2, 0) is 12.6 Å². The minimum Gasteiger partial charge on any atom is -0.300 e. The Morgan fingerprint density at radius 2 is 1.83 bits per heavy atom. The van der Waals surface area contributed by atoms with E-state index in [0.29, 0.717) is 5.56 Å². The van der Waals surface area contributed by atoms with Gasteiger partial charge in [-0.25, -0.2) is 0 Å².